The fourth-order valence-electron chi connectivity index (χ4n) is 9.82. The monoisotopic (exact) mass is 813 g/mol. The number of aliphatic hydroxyl groups is 1. The minimum absolute atomic E-state index is 0.0305. The van der Waals surface area contributed by atoms with Gasteiger partial charge in [-0.2, -0.15) is 0 Å². The van der Waals surface area contributed by atoms with Crippen LogP contribution in [0.15, 0.2) is 12.1 Å². The standard InChI is InChI=1S/C41H51NO16/c1-16-34(50-9)41(6,52-11)36(51-10)38(53-16)56-23-15-39(4,49)14-19-12-20-25(30(47)24(19)23)31(48)26-22(45)13-21-32(27(26)29(20)46)57-37-33(54-17(2)43)28(42(7)8)35(55-18(3)44)40(21,5)58-37/h12-13,16,23,28,33-38,45,47,49H,14-15H2,1-11H3/t16-,23-,28-,33-,34-,35+,36-,37+,38-,39+,40+,41+/m0/s1. The first kappa shape index (κ1) is 41.9. The number of ketones is 2. The maximum Gasteiger partial charge on any atom is 0.303 e. The number of carbonyl (C=O) groups is 4. The zero-order valence-corrected chi connectivity index (χ0v) is 34.4. The number of nitrogens with zero attached hydrogens (tertiary/aromatic N) is 1. The zero-order valence-electron chi connectivity index (χ0n) is 34.4. The second kappa shape index (κ2) is 14.5. The summed E-state index contributed by atoms with van der Waals surface area (Å²) in [5.74, 6) is -4.38. The molecule has 17 heteroatoms. The highest BCUT2D eigenvalue weighted by Gasteiger charge is 2.63. The maximum absolute atomic E-state index is 14.8. The lowest BCUT2D eigenvalue weighted by Gasteiger charge is -2.55. The fraction of sp³-hybridized carbons (Fsp3) is 0.610. The van der Waals surface area contributed by atoms with Gasteiger partial charge in [-0.1, -0.05) is 0 Å². The number of carbonyl (C=O) groups excluding carboxylic acids is 4. The Bertz CT molecular complexity index is 2060. The lowest BCUT2D eigenvalue weighted by molar-refractivity contribution is -0.345. The second-order valence-electron chi connectivity index (χ2n) is 16.6. The van der Waals surface area contributed by atoms with Gasteiger partial charge in [0.05, 0.1) is 40.5 Å². The Morgan fingerprint density at radius 3 is 2.14 bits per heavy atom. The molecule has 316 valence electrons. The van der Waals surface area contributed by atoms with Crippen molar-refractivity contribution in [3.05, 3.63) is 51.1 Å². The minimum Gasteiger partial charge on any atom is -0.507 e. The van der Waals surface area contributed by atoms with Crippen molar-refractivity contribution >= 4 is 23.5 Å². The molecule has 0 aromatic heterocycles. The van der Waals surface area contributed by atoms with E-state index >= 15 is 0 Å². The van der Waals surface area contributed by atoms with Gasteiger partial charge < -0.3 is 58.0 Å². The molecule has 0 saturated carbocycles. The summed E-state index contributed by atoms with van der Waals surface area (Å²) in [7, 11) is 7.89. The predicted molar refractivity (Wildman–Crippen MR) is 199 cm³/mol. The van der Waals surface area contributed by atoms with Crippen LogP contribution in [0.3, 0.4) is 0 Å². The molecule has 0 unspecified atom stereocenters. The van der Waals surface area contributed by atoms with Crippen LogP contribution < -0.4 is 4.74 Å². The third kappa shape index (κ3) is 6.29. The molecule has 0 spiro atoms. The lowest BCUT2D eigenvalue weighted by atomic mass is 9.72. The number of esters is 2. The van der Waals surface area contributed by atoms with Crippen LogP contribution in [0.4, 0.5) is 0 Å². The third-order valence-electron chi connectivity index (χ3n) is 12.3. The van der Waals surface area contributed by atoms with Crippen molar-refractivity contribution in [3.63, 3.8) is 0 Å². The van der Waals surface area contributed by atoms with Crippen LogP contribution in [-0.2, 0) is 59.5 Å². The minimum atomic E-state index is -1.60. The lowest BCUT2D eigenvalue weighted by Crippen LogP contribution is -2.70. The van der Waals surface area contributed by atoms with E-state index in [1.54, 1.807) is 46.7 Å². The van der Waals surface area contributed by atoms with Gasteiger partial charge in [-0.3, -0.25) is 24.1 Å². The number of hydrogen-bond acceptors (Lipinski definition) is 17. The van der Waals surface area contributed by atoms with E-state index in [0.717, 1.165) is 0 Å². The average Bonchev–Trinajstić information content (AvgIpc) is 3.11. The second-order valence-corrected chi connectivity index (χ2v) is 16.6. The first-order valence-electron chi connectivity index (χ1n) is 19.0. The fourth-order valence-corrected chi connectivity index (χ4v) is 9.82. The van der Waals surface area contributed by atoms with Gasteiger partial charge in [-0.15, -0.1) is 0 Å². The van der Waals surface area contributed by atoms with E-state index in [-0.39, 0.29) is 46.4 Å². The summed E-state index contributed by atoms with van der Waals surface area (Å²) in [5, 5.41) is 35.3. The summed E-state index contributed by atoms with van der Waals surface area (Å²) in [4.78, 5) is 56.1. The van der Waals surface area contributed by atoms with Crippen molar-refractivity contribution in [1.82, 2.24) is 4.90 Å². The van der Waals surface area contributed by atoms with Crippen LogP contribution in [0.25, 0.3) is 0 Å². The molecule has 2 bridgehead atoms. The number of phenolic OH excluding ortho intramolecular Hbond substituents is 2. The first-order chi connectivity index (χ1) is 27.1. The van der Waals surface area contributed by atoms with Gasteiger partial charge in [0.2, 0.25) is 12.1 Å². The van der Waals surface area contributed by atoms with Gasteiger partial charge in [0.15, 0.2) is 24.3 Å². The van der Waals surface area contributed by atoms with Crippen LogP contribution in [0.5, 0.6) is 17.2 Å². The van der Waals surface area contributed by atoms with E-state index in [0.29, 0.717) is 5.56 Å². The molecule has 2 aromatic carbocycles. The van der Waals surface area contributed by atoms with Crippen LogP contribution in [0, 0.1) is 0 Å². The summed E-state index contributed by atoms with van der Waals surface area (Å²) in [6.45, 7) is 9.17. The molecule has 5 aliphatic rings. The predicted octanol–water partition coefficient (Wildman–Crippen LogP) is 2.57. The van der Waals surface area contributed by atoms with E-state index in [1.165, 1.54) is 47.3 Å². The highest BCUT2D eigenvalue weighted by molar-refractivity contribution is 6.31. The van der Waals surface area contributed by atoms with Crippen LogP contribution in [0.2, 0.25) is 0 Å². The molecule has 2 aromatic rings. The smallest absolute Gasteiger partial charge is 0.303 e. The molecule has 58 heavy (non-hydrogen) atoms. The molecule has 2 saturated heterocycles. The number of fused-ring (bicyclic) bond motifs is 8. The molecule has 2 aliphatic carbocycles. The number of methoxy groups -OCH3 is 3. The molecular formula is C41H51NO16. The summed E-state index contributed by atoms with van der Waals surface area (Å²) < 4.78 is 54.5. The van der Waals surface area contributed by atoms with Crippen molar-refractivity contribution < 1.29 is 77.1 Å². The quantitative estimate of drug-likeness (QED) is 0.279. The normalized spacial score (nSPS) is 36.3. The van der Waals surface area contributed by atoms with E-state index in [9.17, 15) is 34.5 Å². The number of hydrogen-bond donors (Lipinski definition) is 3. The average molecular weight is 814 g/mol. The molecule has 0 amide bonds. The molecule has 3 N–H and O–H groups in total. The summed E-state index contributed by atoms with van der Waals surface area (Å²) in [6, 6.07) is 1.82. The van der Waals surface area contributed by atoms with Crippen LogP contribution in [0.1, 0.15) is 103 Å². The summed E-state index contributed by atoms with van der Waals surface area (Å²) >= 11 is 0. The Hall–Kier alpha value is -4.20. The van der Waals surface area contributed by atoms with Gasteiger partial charge in [0.25, 0.3) is 0 Å². The van der Waals surface area contributed by atoms with Crippen molar-refractivity contribution in [2.45, 2.75) is 126 Å². The topological polar surface area (TPSA) is 215 Å². The molecule has 12 atom stereocenters. The first-order valence-corrected chi connectivity index (χ1v) is 19.0. The van der Waals surface area contributed by atoms with Gasteiger partial charge in [0, 0.05) is 64.7 Å². The Labute approximate surface area is 335 Å². The largest absolute Gasteiger partial charge is 0.507 e. The molecule has 3 aliphatic heterocycles. The number of aromatic hydroxyl groups is 2. The van der Waals surface area contributed by atoms with Gasteiger partial charge >= 0.3 is 11.9 Å². The third-order valence-corrected chi connectivity index (χ3v) is 12.3. The molecule has 0 radical (unpaired) electrons. The summed E-state index contributed by atoms with van der Waals surface area (Å²) in [5.41, 5.74) is -4.87. The van der Waals surface area contributed by atoms with Gasteiger partial charge in [-0.25, -0.2) is 0 Å². The molecule has 17 nitrogen and oxygen atoms in total. The van der Waals surface area contributed by atoms with Crippen LogP contribution >= 0.6 is 0 Å². The van der Waals surface area contributed by atoms with E-state index < -0.39 is 113 Å². The van der Waals surface area contributed by atoms with E-state index in [1.807, 2.05) is 0 Å². The van der Waals surface area contributed by atoms with Crippen molar-refractivity contribution in [2.24, 2.45) is 0 Å². The van der Waals surface area contributed by atoms with Crippen molar-refractivity contribution in [2.75, 3.05) is 35.4 Å². The maximum atomic E-state index is 14.8. The highest BCUT2D eigenvalue weighted by Crippen LogP contribution is 2.56. The molecule has 3 heterocycles. The van der Waals surface area contributed by atoms with Gasteiger partial charge in [-0.05, 0) is 59.5 Å². The molecule has 2 fully saturated rings. The SMILES string of the molecule is CO[C@H]1[C@H](O[C@H]2C[C@](C)(O)Cc3cc4c(c(O)c32)C(=O)c2c(O)cc3c(c2C4=O)O[C@@H]2O[C@@]3(C)[C@H](OC(C)=O)[C@@H](N(C)C)[C@@H]2OC(C)=O)O[C@@H](C)[C@H](OC)[C@@]1(C)OC. The van der Waals surface area contributed by atoms with Gasteiger partial charge in [0.1, 0.15) is 40.7 Å². The number of benzene rings is 2. The highest BCUT2D eigenvalue weighted by atomic mass is 16.7. The van der Waals surface area contributed by atoms with Crippen LogP contribution in [-0.4, -0.2) is 139 Å². The van der Waals surface area contributed by atoms with Crippen molar-refractivity contribution in [1.29, 1.82) is 0 Å². The summed E-state index contributed by atoms with van der Waals surface area (Å²) in [6.07, 6.45) is -7.93. The van der Waals surface area contributed by atoms with Crippen molar-refractivity contribution in [3.8, 4) is 17.2 Å². The van der Waals surface area contributed by atoms with E-state index in [2.05, 4.69) is 0 Å². The number of rotatable bonds is 8. The zero-order chi connectivity index (χ0) is 42.5. The Morgan fingerprint density at radius 1 is 0.897 bits per heavy atom. The number of likely N-dealkylation sites (N-methyl/N-ethyl adjacent to an activating group) is 1. The molecular weight excluding hydrogens is 762 g/mol. The number of ether oxygens (including phenoxy) is 9. The molecule has 7 rings (SSSR count). The number of phenols is 2. The van der Waals surface area contributed by atoms with E-state index in [4.69, 9.17) is 42.6 Å². The Kier molecular flexibility index (Phi) is 10.5. The Balaban J connectivity index is 1.36. The Morgan fingerprint density at radius 2 is 1.55 bits per heavy atom.